The van der Waals surface area contributed by atoms with Crippen LogP contribution in [0.3, 0.4) is 0 Å². The summed E-state index contributed by atoms with van der Waals surface area (Å²) in [5, 5.41) is 20.5. The van der Waals surface area contributed by atoms with Crippen LogP contribution in [0.2, 0.25) is 5.28 Å². The maximum absolute atomic E-state index is 15.1. The molecule has 0 radical (unpaired) electrons. The zero-order valence-corrected chi connectivity index (χ0v) is 18.7. The quantitative estimate of drug-likeness (QED) is 0.272. The average Bonchev–Trinajstić information content (AvgIpc) is 3.40. The highest BCUT2D eigenvalue weighted by Gasteiger charge is 2.33. The van der Waals surface area contributed by atoms with E-state index in [0.29, 0.717) is 25.4 Å². The summed E-state index contributed by atoms with van der Waals surface area (Å²) in [7, 11) is 0. The first kappa shape index (κ1) is 24.2. The molecule has 2 heterocycles. The van der Waals surface area contributed by atoms with Crippen LogP contribution in [0.1, 0.15) is 39.0 Å². The molecule has 2 amide bonds. The van der Waals surface area contributed by atoms with Crippen LogP contribution in [0, 0.1) is 29.5 Å². The molecule has 1 aliphatic carbocycles. The van der Waals surface area contributed by atoms with Crippen molar-refractivity contribution in [1.82, 2.24) is 20.7 Å². The smallest absolute Gasteiger partial charge is 0.404 e. The SMILES string of the molecule is C[C@H]1CN(c2nc(Cl)nc(NNC(=O)[C@@H](CNC(=O)O)CC3CCCC3)c2F)C[C@@H]1CO. The van der Waals surface area contributed by atoms with Gasteiger partial charge < -0.3 is 20.4 Å². The summed E-state index contributed by atoms with van der Waals surface area (Å²) in [5.41, 5.74) is 4.93. The van der Waals surface area contributed by atoms with Gasteiger partial charge >= 0.3 is 6.09 Å². The molecule has 0 aromatic carbocycles. The van der Waals surface area contributed by atoms with Gasteiger partial charge in [0.05, 0.1) is 5.92 Å². The van der Waals surface area contributed by atoms with Crippen molar-refractivity contribution in [3.63, 3.8) is 0 Å². The van der Waals surface area contributed by atoms with Crippen LogP contribution < -0.4 is 21.1 Å². The fourth-order valence-corrected chi connectivity index (χ4v) is 4.68. The van der Waals surface area contributed by atoms with Crippen molar-refractivity contribution in [2.75, 3.05) is 36.6 Å². The highest BCUT2D eigenvalue weighted by molar-refractivity contribution is 6.28. The van der Waals surface area contributed by atoms with Crippen molar-refractivity contribution in [3.8, 4) is 0 Å². The number of carbonyl (C=O) groups is 2. The number of aliphatic hydroxyl groups is 1. The molecule has 1 aromatic rings. The molecule has 0 bridgehead atoms. The van der Waals surface area contributed by atoms with Gasteiger partial charge in [0.15, 0.2) is 11.6 Å². The lowest BCUT2D eigenvalue weighted by Gasteiger charge is -2.22. The van der Waals surface area contributed by atoms with Crippen LogP contribution in [0.15, 0.2) is 0 Å². The maximum Gasteiger partial charge on any atom is 0.404 e. The number of halogens is 2. The van der Waals surface area contributed by atoms with Gasteiger partial charge in [-0.25, -0.2) is 4.79 Å². The maximum atomic E-state index is 15.1. The van der Waals surface area contributed by atoms with Crippen molar-refractivity contribution in [3.05, 3.63) is 11.1 Å². The van der Waals surface area contributed by atoms with Gasteiger partial charge in [-0.05, 0) is 29.9 Å². The first-order valence-electron chi connectivity index (χ1n) is 10.9. The first-order valence-corrected chi connectivity index (χ1v) is 11.3. The largest absolute Gasteiger partial charge is 0.465 e. The predicted octanol–water partition coefficient (Wildman–Crippen LogP) is 2.24. The highest BCUT2D eigenvalue weighted by atomic mass is 35.5. The Bertz CT molecular complexity index is 826. The molecule has 0 unspecified atom stereocenters. The van der Waals surface area contributed by atoms with E-state index in [2.05, 4.69) is 26.1 Å². The number of anilines is 2. The van der Waals surface area contributed by atoms with Crippen LogP contribution >= 0.6 is 11.6 Å². The van der Waals surface area contributed by atoms with E-state index in [9.17, 15) is 14.7 Å². The molecule has 1 saturated heterocycles. The summed E-state index contributed by atoms with van der Waals surface area (Å²) in [6.45, 7) is 2.86. The van der Waals surface area contributed by atoms with Crippen LogP contribution in [0.5, 0.6) is 0 Å². The molecule has 1 aliphatic heterocycles. The second-order valence-electron chi connectivity index (χ2n) is 8.69. The van der Waals surface area contributed by atoms with Gasteiger partial charge in [-0.15, -0.1) is 0 Å². The molecular weight excluding hydrogens is 443 g/mol. The van der Waals surface area contributed by atoms with E-state index < -0.39 is 23.7 Å². The number of carboxylic acid groups (broad SMARTS) is 1. The minimum absolute atomic E-state index is 0.000372. The standard InChI is InChI=1S/C20H30ClFN6O4/c1-11-8-28(9-14(11)10-29)17-15(22)16(24-19(21)25-17)26-27-18(30)13(7-23-20(31)32)6-12-4-2-3-5-12/h11-14,23,29H,2-10H2,1H3,(H,27,30)(H,31,32)(H,24,25,26)/t11-,13+,14+/m0/s1. The number of hydrogen-bond acceptors (Lipinski definition) is 7. The molecule has 0 spiro atoms. The van der Waals surface area contributed by atoms with E-state index in [1.54, 1.807) is 4.90 Å². The lowest BCUT2D eigenvalue weighted by atomic mass is 9.92. The molecular formula is C20H30ClFN6O4. The molecule has 1 saturated carbocycles. The number of carbonyl (C=O) groups excluding carboxylic acids is 1. The Balaban J connectivity index is 1.68. The Labute approximate surface area is 190 Å². The summed E-state index contributed by atoms with van der Waals surface area (Å²) < 4.78 is 15.1. The topological polar surface area (TPSA) is 140 Å². The fourth-order valence-electron chi connectivity index (χ4n) is 4.51. The average molecular weight is 473 g/mol. The van der Waals surface area contributed by atoms with Gasteiger partial charge in [-0.1, -0.05) is 32.6 Å². The summed E-state index contributed by atoms with van der Waals surface area (Å²) >= 11 is 5.99. The summed E-state index contributed by atoms with van der Waals surface area (Å²) in [5.74, 6) is -1.60. The van der Waals surface area contributed by atoms with Crippen molar-refractivity contribution in [2.24, 2.45) is 23.7 Å². The lowest BCUT2D eigenvalue weighted by Crippen LogP contribution is -2.42. The number of amides is 2. The summed E-state index contributed by atoms with van der Waals surface area (Å²) in [6, 6.07) is 0. The Morgan fingerprint density at radius 3 is 2.62 bits per heavy atom. The Hall–Kier alpha value is -2.40. The van der Waals surface area contributed by atoms with E-state index >= 15 is 4.39 Å². The van der Waals surface area contributed by atoms with E-state index in [-0.39, 0.29) is 41.9 Å². The second kappa shape index (κ2) is 11.0. The third-order valence-corrected chi connectivity index (χ3v) is 6.54. The van der Waals surface area contributed by atoms with Gasteiger partial charge in [0, 0.05) is 32.2 Å². The zero-order chi connectivity index (χ0) is 23.3. The number of aliphatic hydroxyl groups excluding tert-OH is 1. The van der Waals surface area contributed by atoms with E-state index in [4.69, 9.17) is 16.7 Å². The normalized spacial score (nSPS) is 22.1. The Morgan fingerprint density at radius 1 is 1.28 bits per heavy atom. The molecule has 12 heteroatoms. The molecule has 5 N–H and O–H groups in total. The first-order chi connectivity index (χ1) is 15.3. The van der Waals surface area contributed by atoms with Crippen molar-refractivity contribution in [2.45, 2.75) is 39.0 Å². The van der Waals surface area contributed by atoms with Crippen LogP contribution in [-0.2, 0) is 4.79 Å². The number of nitrogens with one attached hydrogen (secondary N) is 3. The Kier molecular flexibility index (Phi) is 8.30. The fraction of sp³-hybridized carbons (Fsp3) is 0.700. The molecule has 2 aliphatic rings. The molecule has 178 valence electrons. The Morgan fingerprint density at radius 2 is 2.00 bits per heavy atom. The number of hydrazine groups is 1. The number of nitrogens with zero attached hydrogens (tertiary/aromatic N) is 3. The van der Waals surface area contributed by atoms with E-state index in [1.165, 1.54) is 0 Å². The van der Waals surface area contributed by atoms with Gasteiger partial charge in [0.2, 0.25) is 17.0 Å². The number of aromatic nitrogens is 2. The van der Waals surface area contributed by atoms with Gasteiger partial charge in [0.25, 0.3) is 0 Å². The molecule has 3 rings (SSSR count). The molecule has 10 nitrogen and oxygen atoms in total. The van der Waals surface area contributed by atoms with E-state index in [0.717, 1.165) is 25.7 Å². The third-order valence-electron chi connectivity index (χ3n) is 6.38. The molecule has 32 heavy (non-hydrogen) atoms. The molecule has 1 aromatic heterocycles. The zero-order valence-electron chi connectivity index (χ0n) is 18.0. The lowest BCUT2D eigenvalue weighted by molar-refractivity contribution is -0.124. The van der Waals surface area contributed by atoms with Crippen LogP contribution in [-0.4, -0.2) is 58.4 Å². The highest BCUT2D eigenvalue weighted by Crippen LogP contribution is 2.32. The number of rotatable bonds is 9. The van der Waals surface area contributed by atoms with E-state index in [1.807, 2.05) is 6.92 Å². The second-order valence-corrected chi connectivity index (χ2v) is 9.03. The van der Waals surface area contributed by atoms with Crippen molar-refractivity contribution in [1.29, 1.82) is 0 Å². The number of hydrogen-bond donors (Lipinski definition) is 5. The predicted molar refractivity (Wildman–Crippen MR) is 117 cm³/mol. The van der Waals surface area contributed by atoms with Crippen molar-refractivity contribution < 1.29 is 24.2 Å². The summed E-state index contributed by atoms with van der Waals surface area (Å²) in [6.07, 6.45) is 3.55. The molecule has 3 atom stereocenters. The molecule has 2 fully saturated rings. The van der Waals surface area contributed by atoms with Gasteiger partial charge in [-0.3, -0.25) is 15.6 Å². The van der Waals surface area contributed by atoms with Gasteiger partial charge in [-0.2, -0.15) is 14.4 Å². The monoisotopic (exact) mass is 472 g/mol. The van der Waals surface area contributed by atoms with Crippen molar-refractivity contribution >= 4 is 35.2 Å². The van der Waals surface area contributed by atoms with Crippen LogP contribution in [0.25, 0.3) is 0 Å². The van der Waals surface area contributed by atoms with Crippen LogP contribution in [0.4, 0.5) is 20.8 Å². The third kappa shape index (κ3) is 6.10. The van der Waals surface area contributed by atoms with Gasteiger partial charge in [0.1, 0.15) is 0 Å². The minimum Gasteiger partial charge on any atom is -0.465 e. The minimum atomic E-state index is -1.21. The summed E-state index contributed by atoms with van der Waals surface area (Å²) in [4.78, 5) is 33.2.